The van der Waals surface area contributed by atoms with E-state index in [0.717, 1.165) is 0 Å². The second-order valence-corrected chi connectivity index (χ2v) is 5.88. The van der Waals surface area contributed by atoms with E-state index in [1.807, 2.05) is 6.92 Å². The molecule has 6 nitrogen and oxygen atoms in total. The Morgan fingerprint density at radius 2 is 2.11 bits per heavy atom. The maximum atomic E-state index is 12.5. The van der Waals surface area contributed by atoms with Crippen LogP contribution in [0, 0.1) is 0 Å². The monoisotopic (exact) mass is 280 g/mol. The van der Waals surface area contributed by atoms with Gasteiger partial charge in [-0.25, -0.2) is 4.98 Å². The molecule has 0 fully saturated rings. The van der Waals surface area contributed by atoms with Crippen molar-refractivity contribution in [3.8, 4) is 0 Å². The SMILES string of the molecule is CCCN(c1ccccc1N)S(=O)(=O)c1cnc[nH]1. The topological polar surface area (TPSA) is 92.1 Å². The Hall–Kier alpha value is -2.02. The Balaban J connectivity index is 2.50. The van der Waals surface area contributed by atoms with Crippen LogP contribution < -0.4 is 10.0 Å². The average Bonchev–Trinajstić information content (AvgIpc) is 2.91. The fourth-order valence-electron chi connectivity index (χ4n) is 1.79. The van der Waals surface area contributed by atoms with Crippen molar-refractivity contribution in [2.75, 3.05) is 16.6 Å². The van der Waals surface area contributed by atoms with Crippen LogP contribution in [-0.2, 0) is 10.0 Å². The van der Waals surface area contributed by atoms with Crippen molar-refractivity contribution < 1.29 is 8.42 Å². The van der Waals surface area contributed by atoms with E-state index in [1.54, 1.807) is 24.3 Å². The molecule has 1 aromatic carbocycles. The minimum Gasteiger partial charge on any atom is -0.397 e. The first-order chi connectivity index (χ1) is 9.07. The van der Waals surface area contributed by atoms with Crippen LogP contribution in [-0.4, -0.2) is 24.9 Å². The highest BCUT2D eigenvalue weighted by Gasteiger charge is 2.26. The summed E-state index contributed by atoms with van der Waals surface area (Å²) in [5.41, 5.74) is 6.78. The molecule has 0 aliphatic carbocycles. The summed E-state index contributed by atoms with van der Waals surface area (Å²) in [5, 5.41) is 0.0594. The van der Waals surface area contributed by atoms with Crippen LogP contribution in [0.3, 0.4) is 0 Å². The van der Waals surface area contributed by atoms with Crippen molar-refractivity contribution in [3.63, 3.8) is 0 Å². The smallest absolute Gasteiger partial charge is 0.281 e. The summed E-state index contributed by atoms with van der Waals surface area (Å²) in [7, 11) is -3.66. The second-order valence-electron chi connectivity index (χ2n) is 4.05. The van der Waals surface area contributed by atoms with E-state index >= 15 is 0 Å². The summed E-state index contributed by atoms with van der Waals surface area (Å²) in [6.45, 7) is 2.27. The molecule has 102 valence electrons. The van der Waals surface area contributed by atoms with E-state index in [1.165, 1.54) is 16.8 Å². The van der Waals surface area contributed by atoms with Crippen molar-refractivity contribution >= 4 is 21.4 Å². The van der Waals surface area contributed by atoms with Crippen LogP contribution in [0.4, 0.5) is 11.4 Å². The molecule has 1 heterocycles. The number of H-pyrrole nitrogens is 1. The molecule has 7 heteroatoms. The van der Waals surface area contributed by atoms with Crippen molar-refractivity contribution in [2.24, 2.45) is 0 Å². The van der Waals surface area contributed by atoms with Crippen molar-refractivity contribution in [3.05, 3.63) is 36.8 Å². The lowest BCUT2D eigenvalue weighted by Gasteiger charge is -2.24. The summed E-state index contributed by atoms with van der Waals surface area (Å²) in [5.74, 6) is 0. The number of hydrogen-bond acceptors (Lipinski definition) is 4. The zero-order valence-corrected chi connectivity index (χ0v) is 11.4. The predicted molar refractivity (Wildman–Crippen MR) is 74.3 cm³/mol. The van der Waals surface area contributed by atoms with Gasteiger partial charge in [-0.15, -0.1) is 0 Å². The summed E-state index contributed by atoms with van der Waals surface area (Å²) < 4.78 is 26.4. The Morgan fingerprint density at radius 1 is 1.37 bits per heavy atom. The van der Waals surface area contributed by atoms with Gasteiger partial charge in [0.25, 0.3) is 10.0 Å². The van der Waals surface area contributed by atoms with Crippen LogP contribution >= 0.6 is 0 Å². The van der Waals surface area contributed by atoms with Crippen LogP contribution in [0.25, 0.3) is 0 Å². The third-order valence-corrected chi connectivity index (χ3v) is 4.41. The van der Waals surface area contributed by atoms with Gasteiger partial charge in [-0.2, -0.15) is 8.42 Å². The fraction of sp³-hybridized carbons (Fsp3) is 0.250. The number of hydrogen-bond donors (Lipinski definition) is 2. The van der Waals surface area contributed by atoms with E-state index in [-0.39, 0.29) is 5.03 Å². The number of anilines is 2. The molecule has 3 N–H and O–H groups in total. The van der Waals surface area contributed by atoms with Gasteiger partial charge in [-0.3, -0.25) is 4.31 Å². The lowest BCUT2D eigenvalue weighted by atomic mass is 10.2. The molecule has 2 rings (SSSR count). The fourth-order valence-corrected chi connectivity index (χ4v) is 3.27. The molecule has 1 aromatic heterocycles. The quantitative estimate of drug-likeness (QED) is 0.814. The molecule has 0 amide bonds. The molecule has 0 unspecified atom stereocenters. The molecule has 0 bridgehead atoms. The summed E-state index contributed by atoms with van der Waals surface area (Å²) in [6.07, 6.45) is 3.31. The van der Waals surface area contributed by atoms with E-state index in [0.29, 0.717) is 24.3 Å². The Labute approximate surface area is 112 Å². The van der Waals surface area contributed by atoms with E-state index in [9.17, 15) is 8.42 Å². The van der Waals surface area contributed by atoms with Crippen molar-refractivity contribution in [2.45, 2.75) is 18.4 Å². The van der Waals surface area contributed by atoms with Gasteiger partial charge in [0.1, 0.15) is 0 Å². The van der Waals surface area contributed by atoms with Crippen LogP contribution in [0.2, 0.25) is 0 Å². The number of para-hydroxylation sites is 2. The Bertz CT molecular complexity index is 638. The molecule has 0 saturated carbocycles. The van der Waals surface area contributed by atoms with Crippen LogP contribution in [0.5, 0.6) is 0 Å². The molecule has 2 aromatic rings. The first-order valence-corrected chi connectivity index (χ1v) is 7.37. The second kappa shape index (κ2) is 5.31. The van der Waals surface area contributed by atoms with Gasteiger partial charge in [0.15, 0.2) is 5.03 Å². The normalized spacial score (nSPS) is 11.4. The van der Waals surface area contributed by atoms with E-state index < -0.39 is 10.0 Å². The zero-order chi connectivity index (χ0) is 13.9. The van der Waals surface area contributed by atoms with Gasteiger partial charge in [-0.1, -0.05) is 19.1 Å². The number of nitrogen functional groups attached to an aromatic ring is 1. The third-order valence-electron chi connectivity index (χ3n) is 2.67. The number of aromatic amines is 1. The highest BCUT2D eigenvalue weighted by Crippen LogP contribution is 2.27. The third kappa shape index (κ3) is 2.55. The molecule has 0 saturated heterocycles. The largest absolute Gasteiger partial charge is 0.397 e. The van der Waals surface area contributed by atoms with Gasteiger partial charge in [0.05, 0.1) is 23.9 Å². The van der Waals surface area contributed by atoms with Gasteiger partial charge < -0.3 is 10.7 Å². The van der Waals surface area contributed by atoms with E-state index in [2.05, 4.69) is 9.97 Å². The summed E-state index contributed by atoms with van der Waals surface area (Å²) >= 11 is 0. The summed E-state index contributed by atoms with van der Waals surface area (Å²) in [4.78, 5) is 6.38. The van der Waals surface area contributed by atoms with E-state index in [4.69, 9.17) is 5.73 Å². The van der Waals surface area contributed by atoms with Crippen LogP contribution in [0.1, 0.15) is 13.3 Å². The molecule has 0 aliphatic heterocycles. The molecule has 19 heavy (non-hydrogen) atoms. The van der Waals surface area contributed by atoms with Gasteiger partial charge in [0.2, 0.25) is 0 Å². The lowest BCUT2D eigenvalue weighted by Crippen LogP contribution is -2.32. The molecule has 0 spiro atoms. The Morgan fingerprint density at radius 3 is 2.68 bits per heavy atom. The average molecular weight is 280 g/mol. The standard InChI is InChI=1S/C12H16N4O2S/c1-2-7-16(11-6-4-3-5-10(11)13)19(17,18)12-8-14-9-15-12/h3-6,8-9H,2,7,13H2,1H3,(H,14,15). The number of nitrogens with two attached hydrogens (primary N) is 1. The minimum absolute atomic E-state index is 0.0594. The highest BCUT2D eigenvalue weighted by molar-refractivity contribution is 7.92. The number of rotatable bonds is 5. The molecule has 0 radical (unpaired) electrons. The first kappa shape index (κ1) is 13.4. The van der Waals surface area contributed by atoms with Gasteiger partial charge in [0, 0.05) is 6.54 Å². The first-order valence-electron chi connectivity index (χ1n) is 5.93. The number of aromatic nitrogens is 2. The minimum atomic E-state index is -3.66. The van der Waals surface area contributed by atoms with Gasteiger partial charge >= 0.3 is 0 Å². The van der Waals surface area contributed by atoms with Gasteiger partial charge in [-0.05, 0) is 18.6 Å². The molecular weight excluding hydrogens is 264 g/mol. The zero-order valence-electron chi connectivity index (χ0n) is 10.6. The lowest BCUT2D eigenvalue weighted by molar-refractivity contribution is 0.587. The summed E-state index contributed by atoms with van der Waals surface area (Å²) in [6, 6.07) is 6.90. The number of benzene rings is 1. The molecule has 0 aliphatic rings. The molecule has 0 atom stereocenters. The number of nitrogens with zero attached hydrogens (tertiary/aromatic N) is 2. The number of nitrogens with one attached hydrogen (secondary N) is 1. The highest BCUT2D eigenvalue weighted by atomic mass is 32.2. The van der Waals surface area contributed by atoms with Crippen LogP contribution in [0.15, 0.2) is 41.8 Å². The predicted octanol–water partition coefficient (Wildman–Crippen LogP) is 1.60. The van der Waals surface area contributed by atoms with Crippen molar-refractivity contribution in [1.82, 2.24) is 9.97 Å². The maximum Gasteiger partial charge on any atom is 0.281 e. The number of imidazole rings is 1. The maximum absolute atomic E-state index is 12.5. The Kier molecular flexibility index (Phi) is 3.75. The van der Waals surface area contributed by atoms with Crippen molar-refractivity contribution in [1.29, 1.82) is 0 Å². The molecular formula is C12H16N4O2S. The number of sulfonamides is 1.